The van der Waals surface area contributed by atoms with E-state index in [9.17, 15) is 0 Å². The van der Waals surface area contributed by atoms with Gasteiger partial charge in [-0.15, -0.1) is 0 Å². The van der Waals surface area contributed by atoms with E-state index < -0.39 is 16.6 Å². The standard InChI is InChI=1S/C5H5.C4H9.2CH3.Ti/c1-2-4-5-3-1;1-4(2)3;;;/h1-3H,4H2;1-3H3;2*1H3;. The van der Waals surface area contributed by atoms with Crippen LogP contribution < -0.4 is 0 Å². The van der Waals surface area contributed by atoms with E-state index in [1.165, 1.54) is 6.42 Å². The molecule has 0 bridgehead atoms. The normalized spacial score (nSPS) is 18.2. The average molecular weight is 200 g/mol. The summed E-state index contributed by atoms with van der Waals surface area (Å²) in [5.74, 6) is 0. The summed E-state index contributed by atoms with van der Waals surface area (Å²) in [5, 5.41) is 5.05. The average Bonchev–Trinajstić information content (AvgIpc) is 2.34. The van der Waals surface area contributed by atoms with Gasteiger partial charge in [0.2, 0.25) is 0 Å². The van der Waals surface area contributed by atoms with Gasteiger partial charge in [0.25, 0.3) is 0 Å². The number of hydrogen-bond donors (Lipinski definition) is 0. The molecule has 0 nitrogen and oxygen atoms in total. The third kappa shape index (κ3) is 1.75. The monoisotopic (exact) mass is 200 g/mol. The second-order valence-electron chi connectivity index (χ2n) is 5.20. The van der Waals surface area contributed by atoms with Crippen LogP contribution >= 0.6 is 0 Å². The fraction of sp³-hybridized carbons (Fsp3) is 0.636. The van der Waals surface area contributed by atoms with Gasteiger partial charge >= 0.3 is 80.1 Å². The third-order valence-corrected chi connectivity index (χ3v) is 12.4. The molecule has 1 aliphatic rings. The Hall–Kier alpha value is 0.194. The molecular formula is C11H20Ti. The Bertz CT molecular complexity index is 226. The minimum absolute atomic E-state index is 0.540. The first-order chi connectivity index (χ1) is 5.36. The zero-order valence-corrected chi connectivity index (χ0v) is 10.5. The van der Waals surface area contributed by atoms with Crippen molar-refractivity contribution in [2.75, 3.05) is 0 Å². The fourth-order valence-corrected chi connectivity index (χ4v) is 4.68. The first-order valence-electron chi connectivity index (χ1n) is 4.72. The maximum atomic E-state index is 2.53. The van der Waals surface area contributed by atoms with Gasteiger partial charge in [0.1, 0.15) is 0 Å². The predicted molar refractivity (Wildman–Crippen MR) is 53.3 cm³/mol. The van der Waals surface area contributed by atoms with Crippen LogP contribution in [0.2, 0.25) is 14.2 Å². The SMILES string of the molecule is C[C](C)(C)[Ti]([CH3])([CH3])[C]1=CC=CC1. The molecule has 1 rings (SSSR count). The Morgan fingerprint density at radius 2 is 1.83 bits per heavy atom. The van der Waals surface area contributed by atoms with Gasteiger partial charge in [-0.1, -0.05) is 0 Å². The summed E-state index contributed by atoms with van der Waals surface area (Å²) in [6.45, 7) is 7.18. The molecule has 0 atom stereocenters. The summed E-state index contributed by atoms with van der Waals surface area (Å²) in [5.41, 5.74) is 0. The van der Waals surface area contributed by atoms with Crippen molar-refractivity contribution >= 4 is 0 Å². The van der Waals surface area contributed by atoms with Gasteiger partial charge in [-0.3, -0.25) is 0 Å². The Morgan fingerprint density at radius 3 is 2.17 bits per heavy atom. The Balaban J connectivity index is 2.86. The first kappa shape index (κ1) is 10.3. The molecule has 0 aliphatic heterocycles. The van der Waals surface area contributed by atoms with Crippen LogP contribution in [0.15, 0.2) is 22.1 Å². The fourth-order valence-electron chi connectivity index (χ4n) is 1.39. The van der Waals surface area contributed by atoms with Crippen LogP contribution in [-0.4, -0.2) is 0 Å². The van der Waals surface area contributed by atoms with E-state index in [4.69, 9.17) is 0 Å². The topological polar surface area (TPSA) is 0 Å². The molecule has 0 aromatic carbocycles. The second kappa shape index (κ2) is 3.16. The summed E-state index contributed by atoms with van der Waals surface area (Å²) >= 11 is -1.69. The van der Waals surface area contributed by atoms with Crippen LogP contribution in [0.5, 0.6) is 0 Å². The maximum absolute atomic E-state index is 2.53. The molecule has 1 heteroatoms. The molecule has 0 aromatic heterocycles. The summed E-state index contributed by atoms with van der Waals surface area (Å²) in [6.07, 6.45) is 8.08. The molecule has 0 heterocycles. The number of hydrogen-bond acceptors (Lipinski definition) is 0. The van der Waals surface area contributed by atoms with Crippen LogP contribution in [0.4, 0.5) is 0 Å². The van der Waals surface area contributed by atoms with Gasteiger partial charge in [-0.2, -0.15) is 0 Å². The molecule has 0 saturated carbocycles. The quantitative estimate of drug-likeness (QED) is 0.553. The third-order valence-electron chi connectivity index (χ3n) is 3.45. The van der Waals surface area contributed by atoms with Crippen molar-refractivity contribution in [2.24, 2.45) is 0 Å². The number of rotatable bonds is 1. The molecule has 12 heavy (non-hydrogen) atoms. The van der Waals surface area contributed by atoms with Crippen LogP contribution in [0.1, 0.15) is 27.2 Å². The molecule has 0 spiro atoms. The van der Waals surface area contributed by atoms with Crippen molar-refractivity contribution in [3.63, 3.8) is 0 Å². The molecule has 0 radical (unpaired) electrons. The Morgan fingerprint density at radius 1 is 1.25 bits per heavy atom. The molecule has 68 valence electrons. The molecule has 1 aliphatic carbocycles. The van der Waals surface area contributed by atoms with Gasteiger partial charge < -0.3 is 0 Å². The van der Waals surface area contributed by atoms with Crippen LogP contribution in [0, 0.1) is 0 Å². The first-order valence-corrected chi connectivity index (χ1v) is 9.40. The predicted octanol–water partition coefficient (Wildman–Crippen LogP) is 4.30. The van der Waals surface area contributed by atoms with Crippen LogP contribution in [0.3, 0.4) is 0 Å². The summed E-state index contributed by atoms with van der Waals surface area (Å²) in [4.78, 5) is 0. The van der Waals surface area contributed by atoms with E-state index in [-0.39, 0.29) is 0 Å². The number of allylic oxidation sites excluding steroid dienone is 4. The van der Waals surface area contributed by atoms with Crippen molar-refractivity contribution in [3.8, 4) is 0 Å². The van der Waals surface area contributed by atoms with E-state index in [1.807, 2.05) is 0 Å². The Labute approximate surface area is 80.1 Å². The van der Waals surface area contributed by atoms with E-state index >= 15 is 0 Å². The summed E-state index contributed by atoms with van der Waals surface area (Å²) in [7, 11) is 0. The molecule has 0 unspecified atom stereocenters. The molecule has 0 aromatic rings. The zero-order valence-electron chi connectivity index (χ0n) is 8.94. The molecule has 0 amide bonds. The molecule has 0 N–H and O–H groups in total. The second-order valence-corrected chi connectivity index (χ2v) is 13.6. The van der Waals surface area contributed by atoms with Gasteiger partial charge in [0.15, 0.2) is 0 Å². The summed E-state index contributed by atoms with van der Waals surface area (Å²) in [6, 6.07) is 0. The Kier molecular flexibility index (Phi) is 2.70. The summed E-state index contributed by atoms with van der Waals surface area (Å²) < 4.78 is 2.29. The van der Waals surface area contributed by atoms with E-state index in [2.05, 4.69) is 49.5 Å². The van der Waals surface area contributed by atoms with Crippen molar-refractivity contribution in [2.45, 2.75) is 41.4 Å². The van der Waals surface area contributed by atoms with Crippen LogP contribution in [-0.2, 0) is 16.6 Å². The van der Waals surface area contributed by atoms with E-state index in [1.54, 1.807) is 3.88 Å². The van der Waals surface area contributed by atoms with E-state index in [0.717, 1.165) is 0 Å². The van der Waals surface area contributed by atoms with Crippen LogP contribution in [0.25, 0.3) is 0 Å². The minimum atomic E-state index is -1.69. The molecular weight excluding hydrogens is 180 g/mol. The van der Waals surface area contributed by atoms with Crippen molar-refractivity contribution in [1.29, 1.82) is 0 Å². The van der Waals surface area contributed by atoms with Gasteiger partial charge in [-0.25, -0.2) is 0 Å². The van der Waals surface area contributed by atoms with E-state index in [0.29, 0.717) is 3.72 Å². The van der Waals surface area contributed by atoms with Crippen molar-refractivity contribution < 1.29 is 16.6 Å². The van der Waals surface area contributed by atoms with Crippen molar-refractivity contribution in [1.82, 2.24) is 0 Å². The van der Waals surface area contributed by atoms with Gasteiger partial charge in [-0.05, 0) is 0 Å². The molecule has 0 fully saturated rings. The van der Waals surface area contributed by atoms with Crippen molar-refractivity contribution in [3.05, 3.63) is 22.1 Å². The van der Waals surface area contributed by atoms with Gasteiger partial charge in [0, 0.05) is 0 Å². The zero-order chi connectivity index (χ0) is 9.41. The van der Waals surface area contributed by atoms with Gasteiger partial charge in [0.05, 0.1) is 0 Å². The molecule has 0 saturated heterocycles.